The molecular weight excluding hydrogens is 647 g/mol. The number of hydrogen-bond acceptors (Lipinski definition) is 6. The van der Waals surface area contributed by atoms with Crippen LogP contribution in [-0.4, -0.2) is 21.1 Å². The van der Waals surface area contributed by atoms with Crippen molar-refractivity contribution in [2.45, 2.75) is 12.0 Å². The molecule has 0 spiro atoms. The summed E-state index contributed by atoms with van der Waals surface area (Å²) in [4.78, 5) is 15.5. The molecule has 2 atom stereocenters. The number of para-hydroxylation sites is 1. The molecule has 0 N–H and O–H groups in total. The highest BCUT2D eigenvalue weighted by Crippen LogP contribution is 2.50. The molecule has 6 heteroatoms. The van der Waals surface area contributed by atoms with E-state index in [1.165, 1.54) is 31.3 Å². The zero-order valence-corrected chi connectivity index (χ0v) is 28.0. The number of aromatic nitrogens is 3. The predicted molar refractivity (Wildman–Crippen MR) is 207 cm³/mol. The van der Waals surface area contributed by atoms with Crippen molar-refractivity contribution in [1.29, 1.82) is 0 Å². The summed E-state index contributed by atoms with van der Waals surface area (Å²) in [6, 6.07) is 46.1. The van der Waals surface area contributed by atoms with Crippen LogP contribution in [0.15, 0.2) is 156 Å². The normalized spacial score (nSPS) is 16.4. The first-order chi connectivity index (χ1) is 25.3. The lowest BCUT2D eigenvalue weighted by Gasteiger charge is -2.23. The zero-order valence-electron chi connectivity index (χ0n) is 27.2. The van der Waals surface area contributed by atoms with Crippen LogP contribution in [0, 0.1) is 0 Å². The molecule has 4 heterocycles. The van der Waals surface area contributed by atoms with Crippen molar-refractivity contribution in [2.24, 2.45) is 0 Å². The van der Waals surface area contributed by atoms with Gasteiger partial charge in [-0.2, -0.15) is 0 Å². The highest BCUT2D eigenvalue weighted by Gasteiger charge is 2.38. The minimum atomic E-state index is -0.0625. The molecule has 240 valence electrons. The molecule has 51 heavy (non-hydrogen) atoms. The zero-order chi connectivity index (χ0) is 33.5. The van der Waals surface area contributed by atoms with Gasteiger partial charge in [-0.15, -0.1) is 11.3 Å². The van der Waals surface area contributed by atoms with Gasteiger partial charge in [-0.3, -0.25) is 0 Å². The van der Waals surface area contributed by atoms with Crippen LogP contribution in [0.25, 0.3) is 81.8 Å². The van der Waals surface area contributed by atoms with Crippen LogP contribution in [-0.2, 0) is 0 Å². The molecule has 0 saturated heterocycles. The first-order valence-electron chi connectivity index (χ1n) is 17.1. The first-order valence-corrected chi connectivity index (χ1v) is 17.9. The Kier molecular flexibility index (Phi) is 6.18. The second-order valence-corrected chi connectivity index (χ2v) is 14.1. The van der Waals surface area contributed by atoms with Gasteiger partial charge >= 0.3 is 0 Å². The van der Waals surface area contributed by atoms with Gasteiger partial charge in [0, 0.05) is 53.2 Å². The predicted octanol–water partition coefficient (Wildman–Crippen LogP) is 11.6. The molecule has 0 saturated carbocycles. The quantitative estimate of drug-likeness (QED) is 0.186. The molecule has 0 bridgehead atoms. The summed E-state index contributed by atoms with van der Waals surface area (Å²) < 4.78 is 15.5. The summed E-state index contributed by atoms with van der Waals surface area (Å²) in [5.74, 6) is 2.87. The Morgan fingerprint density at radius 1 is 0.549 bits per heavy atom. The van der Waals surface area contributed by atoms with Crippen LogP contribution < -0.4 is 4.74 Å². The first kappa shape index (κ1) is 28.5. The average Bonchev–Trinajstić information content (AvgIpc) is 3.89. The van der Waals surface area contributed by atoms with Gasteiger partial charge in [0.1, 0.15) is 23.0 Å². The summed E-state index contributed by atoms with van der Waals surface area (Å²) in [5, 5.41) is 4.47. The van der Waals surface area contributed by atoms with Gasteiger partial charge in [0.05, 0.1) is 5.92 Å². The Balaban J connectivity index is 1.15. The van der Waals surface area contributed by atoms with Gasteiger partial charge in [-0.25, -0.2) is 15.0 Å². The number of ether oxygens (including phenoxy) is 1. The summed E-state index contributed by atoms with van der Waals surface area (Å²) in [7, 11) is 0. The molecule has 11 rings (SSSR count). The molecule has 0 radical (unpaired) electrons. The largest absolute Gasteiger partial charge is 0.485 e. The van der Waals surface area contributed by atoms with E-state index in [4.69, 9.17) is 24.1 Å². The van der Waals surface area contributed by atoms with E-state index in [0.29, 0.717) is 17.5 Å². The van der Waals surface area contributed by atoms with Gasteiger partial charge in [0.15, 0.2) is 17.5 Å². The topological polar surface area (TPSA) is 61.0 Å². The van der Waals surface area contributed by atoms with Crippen LogP contribution >= 0.6 is 11.3 Å². The third-order valence-corrected chi connectivity index (χ3v) is 11.3. The van der Waals surface area contributed by atoms with E-state index in [0.717, 1.165) is 49.9 Å². The van der Waals surface area contributed by atoms with Crippen molar-refractivity contribution in [3.8, 4) is 39.9 Å². The van der Waals surface area contributed by atoms with Crippen LogP contribution in [0.4, 0.5) is 0 Å². The number of fused-ring (bicyclic) bond motifs is 9. The standard InChI is InChI=1S/C45H27N3O2S/c1-2-11-26(12-3-1)43-46-44(27-23-24-39-33(25-27)28-13-5-7-22-38(28)51-39)48-45(47-43)32-17-10-21-37-42(32)41-30(16-9-20-36(41)50-37)29-15-8-19-35-40(29)31-14-4-6-18-34(31)49-35/h1-25,35,40H. The Labute approximate surface area is 296 Å². The fraction of sp³-hybridized carbons (Fsp3) is 0.0444. The van der Waals surface area contributed by atoms with Gasteiger partial charge in [0.2, 0.25) is 0 Å². The van der Waals surface area contributed by atoms with E-state index in [2.05, 4.69) is 97.1 Å². The summed E-state index contributed by atoms with van der Waals surface area (Å²) in [5.41, 5.74) is 7.90. The molecule has 5 nitrogen and oxygen atoms in total. The smallest absolute Gasteiger partial charge is 0.164 e. The van der Waals surface area contributed by atoms with Gasteiger partial charge < -0.3 is 9.15 Å². The Morgan fingerprint density at radius 2 is 1.25 bits per heavy atom. The van der Waals surface area contributed by atoms with Crippen molar-refractivity contribution in [2.75, 3.05) is 0 Å². The molecule has 6 aromatic carbocycles. The summed E-state index contributed by atoms with van der Waals surface area (Å²) in [6.07, 6.45) is 6.43. The van der Waals surface area contributed by atoms with Crippen molar-refractivity contribution < 1.29 is 9.15 Å². The van der Waals surface area contributed by atoms with Crippen LogP contribution in [0.5, 0.6) is 5.75 Å². The number of allylic oxidation sites excluding steroid dienone is 2. The Morgan fingerprint density at radius 3 is 2.14 bits per heavy atom. The lowest BCUT2D eigenvalue weighted by atomic mass is 9.80. The highest BCUT2D eigenvalue weighted by atomic mass is 32.1. The van der Waals surface area contributed by atoms with Crippen LogP contribution in [0.1, 0.15) is 17.0 Å². The van der Waals surface area contributed by atoms with Crippen molar-refractivity contribution in [3.63, 3.8) is 0 Å². The van der Waals surface area contributed by atoms with E-state index in [-0.39, 0.29) is 12.0 Å². The molecule has 1 aliphatic heterocycles. The molecule has 9 aromatic rings. The maximum atomic E-state index is 6.59. The molecule has 1 aliphatic carbocycles. The second-order valence-electron chi connectivity index (χ2n) is 13.0. The number of benzene rings is 6. The Bertz CT molecular complexity index is 2920. The van der Waals surface area contributed by atoms with E-state index >= 15 is 0 Å². The highest BCUT2D eigenvalue weighted by molar-refractivity contribution is 7.25. The lowest BCUT2D eigenvalue weighted by molar-refractivity contribution is 0.271. The fourth-order valence-electron chi connectivity index (χ4n) is 7.86. The van der Waals surface area contributed by atoms with E-state index in [9.17, 15) is 0 Å². The monoisotopic (exact) mass is 673 g/mol. The van der Waals surface area contributed by atoms with Gasteiger partial charge in [-0.1, -0.05) is 103 Å². The van der Waals surface area contributed by atoms with Crippen molar-refractivity contribution in [1.82, 2.24) is 15.0 Å². The number of furan rings is 1. The molecule has 3 aromatic heterocycles. The van der Waals surface area contributed by atoms with Gasteiger partial charge in [0.25, 0.3) is 0 Å². The van der Waals surface area contributed by atoms with Crippen LogP contribution in [0.2, 0.25) is 0 Å². The van der Waals surface area contributed by atoms with E-state index < -0.39 is 0 Å². The number of rotatable bonds is 4. The Hall–Kier alpha value is -6.37. The molecular formula is C45H27N3O2S. The maximum absolute atomic E-state index is 6.59. The average molecular weight is 674 g/mol. The van der Waals surface area contributed by atoms with Crippen molar-refractivity contribution >= 4 is 59.0 Å². The molecule has 0 amide bonds. The van der Waals surface area contributed by atoms with E-state index in [1.807, 2.05) is 54.6 Å². The SMILES string of the molecule is C1=CC2Oc3ccccc3C2C(c2cccc3oc4cccc(-c5nc(-c6ccccc6)nc(-c6ccc7sc8ccccc8c7c6)n5)c4c23)=C1. The van der Waals surface area contributed by atoms with Crippen molar-refractivity contribution in [3.05, 3.63) is 163 Å². The fourth-order valence-corrected chi connectivity index (χ4v) is 8.95. The lowest BCUT2D eigenvalue weighted by Crippen LogP contribution is -2.19. The molecule has 0 fully saturated rings. The minimum absolute atomic E-state index is 0.0625. The third kappa shape index (κ3) is 4.43. The summed E-state index contributed by atoms with van der Waals surface area (Å²) >= 11 is 1.80. The molecule has 2 aliphatic rings. The molecule has 2 unspecified atom stereocenters. The summed E-state index contributed by atoms with van der Waals surface area (Å²) in [6.45, 7) is 0. The number of thiophene rings is 1. The number of hydrogen-bond donors (Lipinski definition) is 0. The maximum Gasteiger partial charge on any atom is 0.164 e. The third-order valence-electron chi connectivity index (χ3n) is 10.1. The second kappa shape index (κ2) is 11.1. The van der Waals surface area contributed by atoms with Gasteiger partial charge in [-0.05, 0) is 59.7 Å². The van der Waals surface area contributed by atoms with E-state index in [1.54, 1.807) is 11.3 Å². The minimum Gasteiger partial charge on any atom is -0.485 e. The number of nitrogens with zero attached hydrogens (tertiary/aromatic N) is 3. The van der Waals surface area contributed by atoms with Crippen LogP contribution in [0.3, 0.4) is 0 Å².